The van der Waals surface area contributed by atoms with Gasteiger partial charge >= 0.3 is 5.69 Å². The van der Waals surface area contributed by atoms with E-state index in [9.17, 15) is 25.5 Å². The van der Waals surface area contributed by atoms with E-state index in [0.29, 0.717) is 28.2 Å². The van der Waals surface area contributed by atoms with Crippen LogP contribution in [0.5, 0.6) is 17.2 Å². The zero-order valence-corrected chi connectivity index (χ0v) is 17.6. The van der Waals surface area contributed by atoms with E-state index in [0.717, 1.165) is 17.6 Å². The molecule has 0 radical (unpaired) electrons. The summed E-state index contributed by atoms with van der Waals surface area (Å²) in [5, 5.41) is 31.8. The Morgan fingerprint density at radius 2 is 1.76 bits per heavy atom. The first-order valence-electron chi connectivity index (χ1n) is 9.74. The Morgan fingerprint density at radius 3 is 2.41 bits per heavy atom. The molecule has 34 heavy (non-hydrogen) atoms. The van der Waals surface area contributed by atoms with E-state index in [1.807, 2.05) is 0 Å². The zero-order valence-electron chi connectivity index (χ0n) is 17.6. The molecule has 0 aliphatic rings. The van der Waals surface area contributed by atoms with Crippen LogP contribution < -0.4 is 9.47 Å². The highest BCUT2D eigenvalue weighted by molar-refractivity contribution is 5.90. The highest BCUT2D eigenvalue weighted by atomic mass is 16.6. The molecule has 0 amide bonds. The Labute approximate surface area is 191 Å². The molecule has 0 fully saturated rings. The first-order valence-corrected chi connectivity index (χ1v) is 9.74. The standard InChI is InChI=1S/C23H15N5O6/c1-33-18-7-8-19-20(12-18)26-23(25-19)15(13-24)10-14-2-5-17(6-3-14)34-22-9-4-16(27(29)30)11-21(22)28(31)32/h2-12H,1H3,(H,25,26)/b15-10-. The van der Waals surface area contributed by atoms with Crippen LogP contribution in [-0.2, 0) is 0 Å². The smallest absolute Gasteiger partial charge is 0.318 e. The Morgan fingerprint density at radius 1 is 1.03 bits per heavy atom. The minimum atomic E-state index is -0.748. The van der Waals surface area contributed by atoms with Gasteiger partial charge in [0.1, 0.15) is 23.4 Å². The Bertz CT molecular complexity index is 1480. The molecule has 11 nitrogen and oxygen atoms in total. The largest absolute Gasteiger partial charge is 0.497 e. The molecule has 0 saturated carbocycles. The van der Waals surface area contributed by atoms with Crippen molar-refractivity contribution in [3.8, 4) is 23.3 Å². The van der Waals surface area contributed by atoms with E-state index >= 15 is 0 Å². The van der Waals surface area contributed by atoms with Crippen molar-refractivity contribution in [1.82, 2.24) is 9.97 Å². The van der Waals surface area contributed by atoms with E-state index in [2.05, 4.69) is 16.0 Å². The lowest BCUT2D eigenvalue weighted by atomic mass is 10.1. The van der Waals surface area contributed by atoms with Gasteiger partial charge in [0, 0.05) is 12.1 Å². The van der Waals surface area contributed by atoms with Gasteiger partial charge in [-0.25, -0.2) is 4.98 Å². The molecular weight excluding hydrogens is 442 g/mol. The maximum absolute atomic E-state index is 11.3. The van der Waals surface area contributed by atoms with Crippen LogP contribution in [0.4, 0.5) is 11.4 Å². The van der Waals surface area contributed by atoms with Crippen molar-refractivity contribution in [2.45, 2.75) is 0 Å². The van der Waals surface area contributed by atoms with Gasteiger partial charge in [-0.2, -0.15) is 5.26 Å². The van der Waals surface area contributed by atoms with Crippen molar-refractivity contribution < 1.29 is 19.3 Å². The van der Waals surface area contributed by atoms with Crippen molar-refractivity contribution in [3.05, 3.63) is 92.3 Å². The number of rotatable bonds is 7. The summed E-state index contributed by atoms with van der Waals surface area (Å²) in [6.45, 7) is 0. The van der Waals surface area contributed by atoms with E-state index in [1.165, 1.54) is 6.07 Å². The molecule has 4 rings (SSSR count). The number of non-ortho nitro benzene ring substituents is 1. The summed E-state index contributed by atoms with van der Waals surface area (Å²) in [5.41, 5.74) is 1.45. The molecule has 168 valence electrons. The summed E-state index contributed by atoms with van der Waals surface area (Å²) < 4.78 is 10.8. The van der Waals surface area contributed by atoms with Crippen molar-refractivity contribution in [3.63, 3.8) is 0 Å². The first-order chi connectivity index (χ1) is 16.4. The number of nitrogens with zero attached hydrogens (tertiary/aromatic N) is 4. The molecule has 0 atom stereocenters. The molecule has 0 aliphatic heterocycles. The number of ether oxygens (including phenoxy) is 2. The maximum Gasteiger partial charge on any atom is 0.318 e. The van der Waals surface area contributed by atoms with Gasteiger partial charge in [-0.15, -0.1) is 0 Å². The highest BCUT2D eigenvalue weighted by Crippen LogP contribution is 2.34. The first kappa shape index (κ1) is 22.0. The number of imidazole rings is 1. The number of aromatic amines is 1. The lowest BCUT2D eigenvalue weighted by Crippen LogP contribution is -1.96. The average Bonchev–Trinajstić information content (AvgIpc) is 3.26. The summed E-state index contributed by atoms with van der Waals surface area (Å²) in [7, 11) is 1.56. The van der Waals surface area contributed by atoms with Crippen molar-refractivity contribution in [2.75, 3.05) is 7.11 Å². The van der Waals surface area contributed by atoms with Crippen LogP contribution in [0.15, 0.2) is 60.7 Å². The molecule has 0 spiro atoms. The van der Waals surface area contributed by atoms with Crippen LogP contribution in [0.2, 0.25) is 0 Å². The monoisotopic (exact) mass is 457 g/mol. The van der Waals surface area contributed by atoms with Gasteiger partial charge in [0.15, 0.2) is 0 Å². The third kappa shape index (κ3) is 4.51. The van der Waals surface area contributed by atoms with E-state index in [4.69, 9.17) is 9.47 Å². The molecule has 1 heterocycles. The number of hydrogen-bond donors (Lipinski definition) is 1. The normalized spacial score (nSPS) is 11.1. The number of methoxy groups -OCH3 is 1. The maximum atomic E-state index is 11.3. The van der Waals surface area contributed by atoms with Crippen LogP contribution in [0.1, 0.15) is 11.4 Å². The van der Waals surface area contributed by atoms with E-state index in [1.54, 1.807) is 55.7 Å². The number of benzene rings is 3. The third-order valence-corrected chi connectivity index (χ3v) is 4.83. The molecule has 0 bridgehead atoms. The van der Waals surface area contributed by atoms with Crippen LogP contribution in [0.25, 0.3) is 22.7 Å². The molecular formula is C23H15N5O6. The predicted molar refractivity (Wildman–Crippen MR) is 122 cm³/mol. The second kappa shape index (κ2) is 9.09. The number of H-pyrrole nitrogens is 1. The number of fused-ring (bicyclic) bond motifs is 1. The summed E-state index contributed by atoms with van der Waals surface area (Å²) in [6.07, 6.45) is 1.63. The van der Waals surface area contributed by atoms with Crippen LogP contribution in [0.3, 0.4) is 0 Å². The van der Waals surface area contributed by atoms with Gasteiger partial charge in [-0.1, -0.05) is 12.1 Å². The van der Waals surface area contributed by atoms with Gasteiger partial charge < -0.3 is 14.5 Å². The number of allylic oxidation sites excluding steroid dienone is 1. The minimum Gasteiger partial charge on any atom is -0.497 e. The quantitative estimate of drug-likeness (QED) is 0.224. The second-order valence-electron chi connectivity index (χ2n) is 6.98. The van der Waals surface area contributed by atoms with Gasteiger partial charge in [0.05, 0.1) is 39.6 Å². The number of nitro benzene ring substituents is 2. The fourth-order valence-electron chi connectivity index (χ4n) is 3.17. The highest BCUT2D eigenvalue weighted by Gasteiger charge is 2.21. The summed E-state index contributed by atoms with van der Waals surface area (Å²) in [6, 6.07) is 17.1. The predicted octanol–water partition coefficient (Wildman–Crippen LogP) is 5.24. The Kier molecular flexibility index (Phi) is 5.88. The molecule has 1 N–H and O–H groups in total. The van der Waals surface area contributed by atoms with Crippen molar-refractivity contribution >= 4 is 34.1 Å². The fraction of sp³-hybridized carbons (Fsp3) is 0.0435. The van der Waals surface area contributed by atoms with Gasteiger partial charge in [0.25, 0.3) is 5.69 Å². The number of hydrogen-bond acceptors (Lipinski definition) is 8. The molecule has 0 aliphatic carbocycles. The summed E-state index contributed by atoms with van der Waals surface area (Å²) in [4.78, 5) is 28.2. The van der Waals surface area contributed by atoms with Crippen molar-refractivity contribution in [1.29, 1.82) is 5.26 Å². The topological polar surface area (TPSA) is 157 Å². The van der Waals surface area contributed by atoms with Crippen LogP contribution in [-0.4, -0.2) is 26.9 Å². The lowest BCUT2D eigenvalue weighted by Gasteiger charge is -2.06. The van der Waals surface area contributed by atoms with Crippen LogP contribution in [0, 0.1) is 31.6 Å². The summed E-state index contributed by atoms with van der Waals surface area (Å²) in [5.74, 6) is 1.21. The van der Waals surface area contributed by atoms with E-state index in [-0.39, 0.29) is 11.5 Å². The molecule has 3 aromatic carbocycles. The van der Waals surface area contributed by atoms with Gasteiger partial charge in [-0.3, -0.25) is 20.2 Å². The molecule has 0 unspecified atom stereocenters. The van der Waals surface area contributed by atoms with Gasteiger partial charge in [-0.05, 0) is 42.0 Å². The molecule has 4 aromatic rings. The Balaban J connectivity index is 1.58. The summed E-state index contributed by atoms with van der Waals surface area (Å²) >= 11 is 0. The number of nitrogens with one attached hydrogen (secondary N) is 1. The third-order valence-electron chi connectivity index (χ3n) is 4.83. The zero-order chi connectivity index (χ0) is 24.2. The SMILES string of the molecule is COc1ccc2nc(/C(C#N)=C\c3ccc(Oc4ccc([N+](=O)[O-])cc4[N+](=O)[O-])cc3)[nH]c2c1. The Hall–Kier alpha value is -5.24. The minimum absolute atomic E-state index is 0.130. The fourth-order valence-corrected chi connectivity index (χ4v) is 3.17. The molecule has 11 heteroatoms. The van der Waals surface area contributed by atoms with Crippen molar-refractivity contribution in [2.24, 2.45) is 0 Å². The average molecular weight is 457 g/mol. The van der Waals surface area contributed by atoms with Gasteiger partial charge in [0.2, 0.25) is 5.75 Å². The second-order valence-corrected chi connectivity index (χ2v) is 6.98. The number of nitriles is 1. The van der Waals surface area contributed by atoms with Crippen LogP contribution >= 0.6 is 0 Å². The molecule has 0 saturated heterocycles. The number of aromatic nitrogens is 2. The molecule has 1 aromatic heterocycles. The lowest BCUT2D eigenvalue weighted by molar-refractivity contribution is -0.394. The number of nitro groups is 2. The van der Waals surface area contributed by atoms with E-state index < -0.39 is 21.2 Å².